The van der Waals surface area contributed by atoms with Crippen LogP contribution < -0.4 is 5.32 Å². The first kappa shape index (κ1) is 20.2. The summed E-state index contributed by atoms with van der Waals surface area (Å²) in [5.74, 6) is 0.0204. The molecule has 27 heavy (non-hydrogen) atoms. The minimum atomic E-state index is -0.230. The van der Waals surface area contributed by atoms with Crippen molar-refractivity contribution in [2.24, 2.45) is 0 Å². The van der Waals surface area contributed by atoms with Gasteiger partial charge in [0.2, 0.25) is 0 Å². The average Bonchev–Trinajstić information content (AvgIpc) is 2.65. The summed E-state index contributed by atoms with van der Waals surface area (Å²) in [6, 6.07) is 15.2. The Bertz CT molecular complexity index is 826. The maximum Gasteiger partial charge on any atom is 0.115 e. The van der Waals surface area contributed by atoms with Crippen LogP contribution >= 0.6 is 0 Å². The van der Waals surface area contributed by atoms with Crippen LogP contribution in [0.2, 0.25) is 0 Å². The number of anilines is 1. The van der Waals surface area contributed by atoms with E-state index in [0.717, 1.165) is 41.8 Å². The summed E-state index contributed by atoms with van der Waals surface area (Å²) in [5.41, 5.74) is 5.03. The highest BCUT2D eigenvalue weighted by Crippen LogP contribution is 2.19. The molecule has 0 aliphatic rings. The monoisotopic (exact) mass is 363 g/mol. The topological polar surface area (TPSA) is 32.3 Å². The molecular weight excluding hydrogens is 337 g/mol. The molecule has 0 saturated heterocycles. The van der Waals surface area contributed by atoms with E-state index in [2.05, 4.69) is 30.6 Å². The summed E-state index contributed by atoms with van der Waals surface area (Å²) >= 11 is 0. The van der Waals surface area contributed by atoms with Crippen molar-refractivity contribution in [3.05, 3.63) is 103 Å². The van der Waals surface area contributed by atoms with Gasteiger partial charge in [-0.15, -0.1) is 0 Å². The van der Waals surface area contributed by atoms with Crippen LogP contribution in [0.15, 0.2) is 91.4 Å². The Morgan fingerprint density at radius 2 is 1.74 bits per heavy atom. The zero-order valence-corrected chi connectivity index (χ0v) is 15.7. The third kappa shape index (κ3) is 6.98. The Balaban J connectivity index is 1.85. The number of aromatic hydroxyl groups is 1. The quantitative estimate of drug-likeness (QED) is 0.380. The number of allylic oxidation sites excluding steroid dienone is 6. The van der Waals surface area contributed by atoms with Gasteiger partial charge in [-0.25, -0.2) is 4.39 Å². The van der Waals surface area contributed by atoms with E-state index in [1.54, 1.807) is 24.3 Å². The van der Waals surface area contributed by atoms with Crippen LogP contribution in [-0.2, 0) is 6.42 Å². The largest absolute Gasteiger partial charge is 0.508 e. The van der Waals surface area contributed by atoms with E-state index in [4.69, 9.17) is 0 Å². The molecule has 0 spiro atoms. The summed E-state index contributed by atoms with van der Waals surface area (Å²) < 4.78 is 12.9. The van der Waals surface area contributed by atoms with Gasteiger partial charge in [0.25, 0.3) is 0 Å². The zero-order valence-electron chi connectivity index (χ0n) is 15.7. The van der Waals surface area contributed by atoms with Gasteiger partial charge < -0.3 is 10.4 Å². The van der Waals surface area contributed by atoms with E-state index in [1.807, 2.05) is 24.3 Å². The lowest BCUT2D eigenvalue weighted by Crippen LogP contribution is -1.98. The van der Waals surface area contributed by atoms with E-state index >= 15 is 0 Å². The molecule has 2 N–H and O–H groups in total. The molecule has 0 aliphatic carbocycles. The van der Waals surface area contributed by atoms with Crippen molar-refractivity contribution in [1.82, 2.24) is 0 Å². The maximum atomic E-state index is 12.9. The standard InChI is InChI=1S/C24H26FNO/c1-4-21(11-8-18(2)25)22-12-9-20(10-13-22)7-5-6-19(3)26-23-14-16-24(27)17-15-23/h4,8-17,26-27H,1,3,5-7H2,2H3/b18-8+,21-11+. The van der Waals surface area contributed by atoms with E-state index < -0.39 is 0 Å². The van der Waals surface area contributed by atoms with E-state index in [9.17, 15) is 9.50 Å². The second-order valence-electron chi connectivity index (χ2n) is 6.41. The second-order valence-corrected chi connectivity index (χ2v) is 6.41. The van der Waals surface area contributed by atoms with Gasteiger partial charge in [0.05, 0.1) is 5.83 Å². The second kappa shape index (κ2) is 10.2. The van der Waals surface area contributed by atoms with Crippen LogP contribution in [0, 0.1) is 0 Å². The predicted molar refractivity (Wildman–Crippen MR) is 113 cm³/mol. The predicted octanol–water partition coefficient (Wildman–Crippen LogP) is 6.78. The number of nitrogens with one attached hydrogen (secondary N) is 1. The van der Waals surface area contributed by atoms with Crippen molar-refractivity contribution in [1.29, 1.82) is 0 Å². The normalized spacial score (nSPS) is 11.9. The number of hydrogen-bond acceptors (Lipinski definition) is 2. The van der Waals surface area contributed by atoms with Gasteiger partial charge in [-0.3, -0.25) is 0 Å². The van der Waals surface area contributed by atoms with E-state index in [1.165, 1.54) is 18.6 Å². The number of hydrogen-bond donors (Lipinski definition) is 2. The lowest BCUT2D eigenvalue weighted by Gasteiger charge is -2.10. The molecule has 0 amide bonds. The number of phenolic OH excluding ortho intramolecular Hbond substituents is 1. The Kier molecular flexibility index (Phi) is 7.63. The molecule has 0 heterocycles. The highest BCUT2D eigenvalue weighted by atomic mass is 19.1. The number of benzene rings is 2. The Labute approximate surface area is 161 Å². The average molecular weight is 363 g/mol. The molecule has 0 bridgehead atoms. The fraction of sp³-hybridized carbons (Fsp3) is 0.167. The smallest absolute Gasteiger partial charge is 0.115 e. The molecule has 0 unspecified atom stereocenters. The maximum absolute atomic E-state index is 12.9. The lowest BCUT2D eigenvalue weighted by molar-refractivity contribution is 0.475. The van der Waals surface area contributed by atoms with Crippen molar-refractivity contribution in [3.63, 3.8) is 0 Å². The summed E-state index contributed by atoms with van der Waals surface area (Å²) in [6.07, 6.45) is 7.70. The summed E-state index contributed by atoms with van der Waals surface area (Å²) in [7, 11) is 0. The fourth-order valence-corrected chi connectivity index (χ4v) is 2.67. The van der Waals surface area contributed by atoms with Gasteiger partial charge in [-0.2, -0.15) is 0 Å². The Morgan fingerprint density at radius 1 is 1.07 bits per heavy atom. The molecule has 0 saturated carbocycles. The Morgan fingerprint density at radius 3 is 2.33 bits per heavy atom. The van der Waals surface area contributed by atoms with Crippen molar-refractivity contribution in [3.8, 4) is 5.75 Å². The molecule has 0 radical (unpaired) electrons. The number of halogens is 1. The van der Waals surface area contributed by atoms with Crippen LogP contribution in [0.5, 0.6) is 5.75 Å². The van der Waals surface area contributed by atoms with Gasteiger partial charge in [0.1, 0.15) is 5.75 Å². The molecule has 2 aromatic carbocycles. The van der Waals surface area contributed by atoms with Crippen LogP contribution in [0.3, 0.4) is 0 Å². The van der Waals surface area contributed by atoms with E-state index in [-0.39, 0.29) is 11.6 Å². The third-order valence-electron chi connectivity index (χ3n) is 4.13. The fourth-order valence-electron chi connectivity index (χ4n) is 2.67. The molecule has 3 heteroatoms. The highest BCUT2D eigenvalue weighted by molar-refractivity contribution is 5.74. The summed E-state index contributed by atoms with van der Waals surface area (Å²) in [5, 5.41) is 12.6. The molecule has 0 aliphatic heterocycles. The number of phenols is 1. The Hall–Kier alpha value is -3.07. The number of rotatable bonds is 9. The van der Waals surface area contributed by atoms with Gasteiger partial charge in [0.15, 0.2) is 0 Å². The van der Waals surface area contributed by atoms with Crippen molar-refractivity contribution in [2.75, 3.05) is 5.32 Å². The highest BCUT2D eigenvalue weighted by Gasteiger charge is 2.01. The third-order valence-corrected chi connectivity index (χ3v) is 4.13. The lowest BCUT2D eigenvalue weighted by atomic mass is 10.0. The molecule has 2 rings (SSSR count). The molecule has 0 fully saturated rings. The van der Waals surface area contributed by atoms with Crippen molar-refractivity contribution >= 4 is 11.3 Å². The van der Waals surface area contributed by atoms with Crippen LogP contribution in [0.1, 0.15) is 30.9 Å². The first-order valence-electron chi connectivity index (χ1n) is 8.97. The van der Waals surface area contributed by atoms with E-state index in [0.29, 0.717) is 0 Å². The van der Waals surface area contributed by atoms with Crippen molar-refractivity contribution < 1.29 is 9.50 Å². The molecule has 140 valence electrons. The summed E-state index contributed by atoms with van der Waals surface area (Å²) in [6.45, 7) is 9.28. The first-order valence-corrected chi connectivity index (χ1v) is 8.97. The minimum Gasteiger partial charge on any atom is -0.508 e. The van der Waals surface area contributed by atoms with Gasteiger partial charge in [-0.05, 0) is 73.2 Å². The SMILES string of the molecule is C=C/C(=C\C=C(/C)F)c1ccc(CCCC(=C)Nc2ccc(O)cc2)cc1. The van der Waals surface area contributed by atoms with Crippen LogP contribution in [0.25, 0.3) is 5.57 Å². The van der Waals surface area contributed by atoms with Crippen LogP contribution in [-0.4, -0.2) is 5.11 Å². The zero-order chi connectivity index (χ0) is 19.6. The molecular formula is C24H26FNO. The van der Waals surface area contributed by atoms with Crippen molar-refractivity contribution in [2.45, 2.75) is 26.2 Å². The van der Waals surface area contributed by atoms with Gasteiger partial charge in [0, 0.05) is 11.4 Å². The molecule has 0 aromatic heterocycles. The molecule has 2 nitrogen and oxygen atoms in total. The van der Waals surface area contributed by atoms with Crippen LogP contribution in [0.4, 0.5) is 10.1 Å². The minimum absolute atomic E-state index is 0.230. The molecule has 0 atom stereocenters. The number of aryl methyl sites for hydroxylation is 1. The first-order chi connectivity index (χ1) is 13.0. The van der Waals surface area contributed by atoms with Gasteiger partial charge in [-0.1, -0.05) is 49.6 Å². The summed E-state index contributed by atoms with van der Waals surface area (Å²) in [4.78, 5) is 0. The molecule has 2 aromatic rings. The van der Waals surface area contributed by atoms with Gasteiger partial charge >= 0.3 is 0 Å².